The Morgan fingerprint density at radius 1 is 1.35 bits per heavy atom. The third-order valence-electron chi connectivity index (χ3n) is 3.52. The molecule has 20 heavy (non-hydrogen) atoms. The molecule has 3 aromatic rings. The van der Waals surface area contributed by atoms with Crippen molar-refractivity contribution in [2.75, 3.05) is 0 Å². The Hall–Kier alpha value is -2.14. The molecule has 0 aliphatic carbocycles. The van der Waals surface area contributed by atoms with Crippen LogP contribution in [0, 0.1) is 0 Å². The first-order valence-electron chi connectivity index (χ1n) is 6.81. The number of pyridine rings is 1. The second-order valence-electron chi connectivity index (χ2n) is 4.96. The van der Waals surface area contributed by atoms with Gasteiger partial charge in [0.25, 0.3) is 0 Å². The molecule has 0 spiro atoms. The molecule has 104 valence electrons. The van der Waals surface area contributed by atoms with Gasteiger partial charge in [0.2, 0.25) is 0 Å². The molecule has 1 unspecified atom stereocenters. The molecule has 0 aliphatic heterocycles. The van der Waals surface area contributed by atoms with Gasteiger partial charge in [-0.3, -0.25) is 4.68 Å². The van der Waals surface area contributed by atoms with Crippen LogP contribution < -0.4 is 0 Å². The lowest BCUT2D eigenvalue weighted by Crippen LogP contribution is -2.06. The first-order chi connectivity index (χ1) is 9.67. The number of fused-ring (bicyclic) bond motifs is 1. The second-order valence-corrected chi connectivity index (χ2v) is 4.96. The molecule has 0 amide bonds. The normalized spacial score (nSPS) is 12.9. The molecule has 0 saturated carbocycles. The van der Waals surface area contributed by atoms with E-state index in [-0.39, 0.29) is 0 Å². The molecule has 3 aromatic heterocycles. The van der Waals surface area contributed by atoms with Crippen LogP contribution in [-0.2, 0) is 19.9 Å². The van der Waals surface area contributed by atoms with Gasteiger partial charge >= 0.3 is 0 Å². The Bertz CT molecular complexity index is 695. The lowest BCUT2D eigenvalue weighted by atomic mass is 10.1. The standard InChI is InChI=1S/C15H18N4O/c1-3-11-8-12(18(2)17-11)9-14(20)13-10-19-7-5-4-6-15(19)16-13/h4-8,10,14,20H,3,9H2,1-2H3. The molecule has 0 radical (unpaired) electrons. The van der Waals surface area contributed by atoms with Crippen LogP contribution in [0.25, 0.3) is 5.65 Å². The average molecular weight is 270 g/mol. The van der Waals surface area contributed by atoms with Gasteiger partial charge in [-0.1, -0.05) is 13.0 Å². The van der Waals surface area contributed by atoms with Gasteiger partial charge in [0.1, 0.15) is 11.8 Å². The van der Waals surface area contributed by atoms with Crippen LogP contribution in [0.3, 0.4) is 0 Å². The number of hydrogen-bond acceptors (Lipinski definition) is 3. The molecule has 5 nitrogen and oxygen atoms in total. The summed E-state index contributed by atoms with van der Waals surface area (Å²) in [4.78, 5) is 4.45. The van der Waals surface area contributed by atoms with E-state index >= 15 is 0 Å². The Labute approximate surface area is 117 Å². The summed E-state index contributed by atoms with van der Waals surface area (Å²) in [5, 5.41) is 14.8. The number of hydrogen-bond donors (Lipinski definition) is 1. The zero-order chi connectivity index (χ0) is 14.1. The van der Waals surface area contributed by atoms with Gasteiger partial charge in [-0.25, -0.2) is 4.98 Å². The summed E-state index contributed by atoms with van der Waals surface area (Å²) in [5.41, 5.74) is 3.60. The van der Waals surface area contributed by atoms with Gasteiger partial charge in [-0.15, -0.1) is 0 Å². The van der Waals surface area contributed by atoms with E-state index in [0.717, 1.165) is 23.5 Å². The van der Waals surface area contributed by atoms with Crippen LogP contribution >= 0.6 is 0 Å². The predicted octanol–water partition coefficient (Wildman–Crippen LogP) is 1.91. The minimum atomic E-state index is -0.616. The molecule has 0 saturated heterocycles. The van der Waals surface area contributed by atoms with Crippen LogP contribution in [0.15, 0.2) is 36.7 Å². The summed E-state index contributed by atoms with van der Waals surface area (Å²) in [6.45, 7) is 2.07. The summed E-state index contributed by atoms with van der Waals surface area (Å²) in [6.07, 6.45) is 4.61. The first-order valence-corrected chi connectivity index (χ1v) is 6.81. The Kier molecular flexibility index (Phi) is 3.28. The van der Waals surface area contributed by atoms with E-state index in [1.54, 1.807) is 0 Å². The van der Waals surface area contributed by atoms with E-state index < -0.39 is 6.10 Å². The van der Waals surface area contributed by atoms with Gasteiger partial charge < -0.3 is 9.51 Å². The second kappa shape index (κ2) is 5.09. The lowest BCUT2D eigenvalue weighted by molar-refractivity contribution is 0.171. The van der Waals surface area contributed by atoms with Crippen molar-refractivity contribution in [1.29, 1.82) is 0 Å². The molecular weight excluding hydrogens is 252 g/mol. The highest BCUT2D eigenvalue weighted by atomic mass is 16.3. The predicted molar refractivity (Wildman–Crippen MR) is 76.4 cm³/mol. The highest BCUT2D eigenvalue weighted by Gasteiger charge is 2.15. The van der Waals surface area contributed by atoms with Crippen LogP contribution in [0.5, 0.6) is 0 Å². The Balaban J connectivity index is 1.84. The van der Waals surface area contributed by atoms with Crippen LogP contribution in [0.1, 0.15) is 30.1 Å². The molecule has 0 bridgehead atoms. The summed E-state index contributed by atoms with van der Waals surface area (Å²) in [7, 11) is 1.91. The van der Waals surface area contributed by atoms with E-state index in [1.165, 1.54) is 0 Å². The lowest BCUT2D eigenvalue weighted by Gasteiger charge is -2.07. The number of rotatable bonds is 4. The molecule has 0 aliphatic rings. The summed E-state index contributed by atoms with van der Waals surface area (Å²) < 4.78 is 3.75. The average Bonchev–Trinajstić information content (AvgIpc) is 3.02. The van der Waals surface area contributed by atoms with Crippen molar-refractivity contribution in [3.05, 3.63) is 53.7 Å². The maximum Gasteiger partial charge on any atom is 0.137 e. The smallest absolute Gasteiger partial charge is 0.137 e. The fourth-order valence-electron chi connectivity index (χ4n) is 2.35. The molecule has 3 heterocycles. The van der Waals surface area contributed by atoms with Crippen molar-refractivity contribution in [2.45, 2.75) is 25.9 Å². The zero-order valence-electron chi connectivity index (χ0n) is 11.7. The SMILES string of the molecule is CCc1cc(CC(O)c2cn3ccccc3n2)n(C)n1. The van der Waals surface area contributed by atoms with Crippen molar-refractivity contribution in [2.24, 2.45) is 7.05 Å². The number of aliphatic hydroxyl groups is 1. The quantitative estimate of drug-likeness (QED) is 0.788. The molecule has 1 N–H and O–H groups in total. The monoisotopic (exact) mass is 270 g/mol. The van der Waals surface area contributed by atoms with E-state index in [0.29, 0.717) is 12.1 Å². The van der Waals surface area contributed by atoms with E-state index in [1.807, 2.05) is 52.8 Å². The summed E-state index contributed by atoms with van der Waals surface area (Å²) in [5.74, 6) is 0. The van der Waals surface area contributed by atoms with E-state index in [4.69, 9.17) is 0 Å². The van der Waals surface area contributed by atoms with Crippen LogP contribution in [0.4, 0.5) is 0 Å². The molecule has 0 aromatic carbocycles. The molecule has 0 fully saturated rings. The maximum absolute atomic E-state index is 10.4. The molecule has 1 atom stereocenters. The topological polar surface area (TPSA) is 55.4 Å². The first kappa shape index (κ1) is 12.9. The highest BCUT2D eigenvalue weighted by Crippen LogP contribution is 2.18. The molecule has 5 heteroatoms. The van der Waals surface area contributed by atoms with E-state index in [9.17, 15) is 5.11 Å². The van der Waals surface area contributed by atoms with Gasteiger partial charge in [-0.05, 0) is 24.6 Å². The number of aliphatic hydroxyl groups excluding tert-OH is 1. The summed E-state index contributed by atoms with van der Waals surface area (Å²) in [6, 6.07) is 7.85. The van der Waals surface area contributed by atoms with Crippen molar-refractivity contribution >= 4 is 5.65 Å². The van der Waals surface area contributed by atoms with Gasteiger partial charge in [0.15, 0.2) is 0 Å². The van der Waals surface area contributed by atoms with E-state index in [2.05, 4.69) is 17.0 Å². The zero-order valence-corrected chi connectivity index (χ0v) is 11.7. The van der Waals surface area contributed by atoms with Crippen molar-refractivity contribution < 1.29 is 5.11 Å². The largest absolute Gasteiger partial charge is 0.386 e. The number of aryl methyl sites for hydroxylation is 2. The third kappa shape index (κ3) is 2.32. The van der Waals surface area contributed by atoms with Crippen LogP contribution in [-0.4, -0.2) is 24.3 Å². The highest BCUT2D eigenvalue weighted by molar-refractivity contribution is 5.39. The fourth-order valence-corrected chi connectivity index (χ4v) is 2.35. The van der Waals surface area contributed by atoms with Gasteiger partial charge in [0, 0.05) is 31.6 Å². The molecule has 3 rings (SSSR count). The summed E-state index contributed by atoms with van der Waals surface area (Å²) >= 11 is 0. The van der Waals surface area contributed by atoms with Gasteiger partial charge in [0.05, 0.1) is 11.4 Å². The van der Waals surface area contributed by atoms with Crippen LogP contribution in [0.2, 0.25) is 0 Å². The van der Waals surface area contributed by atoms with Crippen molar-refractivity contribution in [1.82, 2.24) is 19.2 Å². The number of aromatic nitrogens is 4. The third-order valence-corrected chi connectivity index (χ3v) is 3.52. The number of nitrogens with zero attached hydrogens (tertiary/aromatic N) is 4. The maximum atomic E-state index is 10.4. The Morgan fingerprint density at radius 2 is 2.20 bits per heavy atom. The van der Waals surface area contributed by atoms with Crippen molar-refractivity contribution in [3.63, 3.8) is 0 Å². The fraction of sp³-hybridized carbons (Fsp3) is 0.333. The Morgan fingerprint density at radius 3 is 2.90 bits per heavy atom. The molecular formula is C15H18N4O. The minimum Gasteiger partial charge on any atom is -0.386 e. The van der Waals surface area contributed by atoms with Crippen molar-refractivity contribution in [3.8, 4) is 0 Å². The van der Waals surface area contributed by atoms with Gasteiger partial charge in [-0.2, -0.15) is 5.10 Å². The number of imidazole rings is 1. The minimum absolute atomic E-state index is 0.521.